The fourth-order valence-corrected chi connectivity index (χ4v) is 2.45. The van der Waals surface area contributed by atoms with Gasteiger partial charge < -0.3 is 9.80 Å². The Kier molecular flexibility index (Phi) is 3.81. The summed E-state index contributed by atoms with van der Waals surface area (Å²) in [6.45, 7) is 4.99. The quantitative estimate of drug-likeness (QED) is 0.832. The molecule has 0 unspecified atom stereocenters. The Labute approximate surface area is 123 Å². The van der Waals surface area contributed by atoms with E-state index in [0.717, 1.165) is 37.8 Å². The van der Waals surface area contributed by atoms with Gasteiger partial charge in [-0.1, -0.05) is 6.92 Å². The van der Waals surface area contributed by atoms with Gasteiger partial charge in [0.15, 0.2) is 0 Å². The molecule has 0 aliphatic carbocycles. The van der Waals surface area contributed by atoms with Gasteiger partial charge in [-0.2, -0.15) is 0 Å². The molecule has 0 spiro atoms. The normalized spacial score (nSPS) is 15.3. The van der Waals surface area contributed by atoms with Gasteiger partial charge in [-0.05, 0) is 0 Å². The van der Waals surface area contributed by atoms with Crippen molar-refractivity contribution < 1.29 is 4.79 Å². The number of anilines is 1. The molecule has 110 valence electrons. The lowest BCUT2D eigenvalue weighted by atomic mass is 10.3. The van der Waals surface area contributed by atoms with E-state index in [1.165, 1.54) is 0 Å². The predicted octanol–water partition coefficient (Wildman–Crippen LogP) is 0.721. The van der Waals surface area contributed by atoms with Crippen molar-refractivity contribution in [1.82, 2.24) is 24.4 Å². The number of carbonyl (C=O) groups excluding carboxylic acids is 1. The number of piperazine rings is 1. The summed E-state index contributed by atoms with van der Waals surface area (Å²) in [6.07, 6.45) is 7.41. The molecule has 0 atom stereocenters. The minimum atomic E-state index is 0.219. The largest absolute Gasteiger partial charge is 0.353 e. The van der Waals surface area contributed by atoms with Gasteiger partial charge in [-0.3, -0.25) is 9.36 Å². The summed E-state index contributed by atoms with van der Waals surface area (Å²) >= 11 is 0. The van der Waals surface area contributed by atoms with Crippen LogP contribution < -0.4 is 4.90 Å². The van der Waals surface area contributed by atoms with Crippen molar-refractivity contribution in [2.24, 2.45) is 0 Å². The SMILES string of the molecule is CCC(=O)N1CCN(c2cc(-n3ccnc3)ncn2)CC1. The van der Waals surface area contributed by atoms with Crippen LogP contribution in [0.2, 0.25) is 0 Å². The van der Waals surface area contributed by atoms with Crippen molar-refractivity contribution in [3.8, 4) is 5.82 Å². The van der Waals surface area contributed by atoms with Crippen LogP contribution in [0.4, 0.5) is 5.82 Å². The van der Waals surface area contributed by atoms with E-state index in [1.54, 1.807) is 18.9 Å². The van der Waals surface area contributed by atoms with Crippen molar-refractivity contribution in [3.05, 3.63) is 31.1 Å². The van der Waals surface area contributed by atoms with Crippen molar-refractivity contribution in [2.45, 2.75) is 13.3 Å². The van der Waals surface area contributed by atoms with E-state index < -0.39 is 0 Å². The Morgan fingerprint density at radius 3 is 2.62 bits per heavy atom. The number of rotatable bonds is 3. The highest BCUT2D eigenvalue weighted by Crippen LogP contribution is 2.16. The van der Waals surface area contributed by atoms with Crippen LogP contribution in [0.15, 0.2) is 31.1 Å². The van der Waals surface area contributed by atoms with Gasteiger partial charge in [-0.25, -0.2) is 15.0 Å². The first kappa shape index (κ1) is 13.5. The van der Waals surface area contributed by atoms with Crippen molar-refractivity contribution in [3.63, 3.8) is 0 Å². The van der Waals surface area contributed by atoms with Gasteiger partial charge in [0.05, 0.1) is 0 Å². The van der Waals surface area contributed by atoms with Gasteiger partial charge in [0, 0.05) is 51.1 Å². The van der Waals surface area contributed by atoms with Crippen LogP contribution in [0, 0.1) is 0 Å². The van der Waals surface area contributed by atoms with E-state index >= 15 is 0 Å². The zero-order valence-corrected chi connectivity index (χ0v) is 12.0. The molecule has 7 nitrogen and oxygen atoms in total. The summed E-state index contributed by atoms with van der Waals surface area (Å²) in [5.74, 6) is 1.90. The molecular weight excluding hydrogens is 268 g/mol. The zero-order valence-electron chi connectivity index (χ0n) is 12.0. The van der Waals surface area contributed by atoms with Crippen LogP contribution in [0.5, 0.6) is 0 Å². The maximum atomic E-state index is 11.7. The van der Waals surface area contributed by atoms with Crippen LogP contribution in [-0.4, -0.2) is 56.5 Å². The summed E-state index contributed by atoms with van der Waals surface area (Å²) in [6, 6.07) is 1.94. The molecule has 2 aromatic heterocycles. The van der Waals surface area contributed by atoms with Gasteiger partial charge in [-0.15, -0.1) is 0 Å². The number of imidazole rings is 1. The Balaban J connectivity index is 1.71. The summed E-state index contributed by atoms with van der Waals surface area (Å²) in [5.41, 5.74) is 0. The second kappa shape index (κ2) is 5.90. The molecule has 0 saturated carbocycles. The molecule has 0 N–H and O–H groups in total. The highest BCUT2D eigenvalue weighted by Gasteiger charge is 2.21. The number of nitrogens with zero attached hydrogens (tertiary/aromatic N) is 6. The topological polar surface area (TPSA) is 67.2 Å². The van der Waals surface area contributed by atoms with Gasteiger partial charge in [0.2, 0.25) is 5.91 Å². The fourth-order valence-electron chi connectivity index (χ4n) is 2.45. The highest BCUT2D eigenvalue weighted by molar-refractivity contribution is 5.76. The maximum absolute atomic E-state index is 11.7. The van der Waals surface area contributed by atoms with Crippen molar-refractivity contribution in [2.75, 3.05) is 31.1 Å². The molecule has 21 heavy (non-hydrogen) atoms. The molecule has 2 aromatic rings. The minimum absolute atomic E-state index is 0.219. The van der Waals surface area contributed by atoms with E-state index in [4.69, 9.17) is 0 Å². The number of carbonyl (C=O) groups is 1. The molecule has 0 aromatic carbocycles. The second-order valence-electron chi connectivity index (χ2n) is 4.93. The minimum Gasteiger partial charge on any atom is -0.353 e. The van der Waals surface area contributed by atoms with Crippen LogP contribution in [0.25, 0.3) is 5.82 Å². The van der Waals surface area contributed by atoms with Crippen molar-refractivity contribution >= 4 is 11.7 Å². The van der Waals surface area contributed by atoms with Crippen LogP contribution >= 0.6 is 0 Å². The van der Waals surface area contributed by atoms with Crippen LogP contribution in [0.3, 0.4) is 0 Å². The van der Waals surface area contributed by atoms with Gasteiger partial charge in [0.1, 0.15) is 24.3 Å². The molecule has 1 fully saturated rings. The monoisotopic (exact) mass is 286 g/mol. The van der Waals surface area contributed by atoms with Gasteiger partial charge in [0.25, 0.3) is 0 Å². The molecule has 0 radical (unpaired) electrons. The average Bonchev–Trinajstić information content (AvgIpc) is 3.09. The molecule has 1 saturated heterocycles. The molecule has 7 heteroatoms. The first-order valence-corrected chi connectivity index (χ1v) is 7.11. The zero-order chi connectivity index (χ0) is 14.7. The molecule has 1 amide bonds. The average molecular weight is 286 g/mol. The molecule has 3 rings (SSSR count). The summed E-state index contributed by atoms with van der Waals surface area (Å²) < 4.78 is 1.85. The van der Waals surface area contributed by atoms with Crippen LogP contribution in [0.1, 0.15) is 13.3 Å². The number of hydrogen-bond acceptors (Lipinski definition) is 5. The molecule has 1 aliphatic heterocycles. The van der Waals surface area contributed by atoms with Crippen LogP contribution in [-0.2, 0) is 4.79 Å². The third-order valence-electron chi connectivity index (χ3n) is 3.67. The molecule has 1 aliphatic rings. The molecular formula is C14H18N6O. The van der Waals surface area contributed by atoms with E-state index in [-0.39, 0.29) is 5.91 Å². The summed E-state index contributed by atoms with van der Waals surface area (Å²) in [5, 5.41) is 0. The fraction of sp³-hybridized carbons (Fsp3) is 0.429. The van der Waals surface area contributed by atoms with E-state index in [0.29, 0.717) is 6.42 Å². The first-order chi connectivity index (χ1) is 10.3. The smallest absolute Gasteiger partial charge is 0.222 e. The standard InChI is InChI=1S/C14H18N6O/c1-2-14(21)19-7-5-18(6-8-19)12-9-13(17-10-16-12)20-4-3-15-11-20/h3-4,9-11H,2,5-8H2,1H3. The number of hydrogen-bond donors (Lipinski definition) is 0. The lowest BCUT2D eigenvalue weighted by Crippen LogP contribution is -2.48. The lowest BCUT2D eigenvalue weighted by Gasteiger charge is -2.35. The third-order valence-corrected chi connectivity index (χ3v) is 3.67. The Morgan fingerprint density at radius 2 is 1.95 bits per heavy atom. The second-order valence-corrected chi connectivity index (χ2v) is 4.93. The third kappa shape index (κ3) is 2.86. The Morgan fingerprint density at radius 1 is 1.19 bits per heavy atom. The summed E-state index contributed by atoms with van der Waals surface area (Å²) in [7, 11) is 0. The van der Waals surface area contributed by atoms with E-state index in [2.05, 4.69) is 19.9 Å². The molecule has 3 heterocycles. The number of amides is 1. The van der Waals surface area contributed by atoms with Gasteiger partial charge >= 0.3 is 0 Å². The highest BCUT2D eigenvalue weighted by atomic mass is 16.2. The number of aromatic nitrogens is 4. The lowest BCUT2D eigenvalue weighted by molar-refractivity contribution is -0.131. The molecule has 0 bridgehead atoms. The maximum Gasteiger partial charge on any atom is 0.222 e. The van der Waals surface area contributed by atoms with E-state index in [9.17, 15) is 4.79 Å². The Hall–Kier alpha value is -2.44. The van der Waals surface area contributed by atoms with Crippen molar-refractivity contribution in [1.29, 1.82) is 0 Å². The summed E-state index contributed by atoms with van der Waals surface area (Å²) in [4.78, 5) is 28.4. The Bertz CT molecular complexity index is 604. The predicted molar refractivity (Wildman–Crippen MR) is 78.2 cm³/mol. The van der Waals surface area contributed by atoms with E-state index in [1.807, 2.05) is 28.7 Å². The first-order valence-electron chi connectivity index (χ1n) is 7.11.